The lowest BCUT2D eigenvalue weighted by molar-refractivity contribution is -0.119. The Kier molecular flexibility index (Phi) is 13.0. The molecule has 1 unspecified atom stereocenters. The molecule has 3 rings (SSSR count). The van der Waals surface area contributed by atoms with E-state index in [2.05, 4.69) is 23.6 Å². The van der Waals surface area contributed by atoms with Gasteiger partial charge in [-0.15, -0.1) is 0 Å². The number of ether oxygens (including phenoxy) is 2. The van der Waals surface area contributed by atoms with E-state index in [1.807, 2.05) is 77.3 Å². The number of carbonyl (C=O) groups excluding carboxylic acids is 1. The fourth-order valence-corrected chi connectivity index (χ4v) is 3.17. The Balaban J connectivity index is 0.00000101. The van der Waals surface area contributed by atoms with Gasteiger partial charge in [0.05, 0.1) is 17.7 Å². The molecule has 0 bridgehead atoms. The zero-order valence-corrected chi connectivity index (χ0v) is 21.5. The van der Waals surface area contributed by atoms with Gasteiger partial charge in [0.1, 0.15) is 17.2 Å². The number of nitrogens with one attached hydrogen (secondary N) is 2. The van der Waals surface area contributed by atoms with Gasteiger partial charge in [0.2, 0.25) is 5.91 Å². The van der Waals surface area contributed by atoms with Gasteiger partial charge in [0.15, 0.2) is 0 Å². The summed E-state index contributed by atoms with van der Waals surface area (Å²) in [7, 11) is 3.75. The van der Waals surface area contributed by atoms with Crippen LogP contribution in [0.3, 0.4) is 0 Å². The molecule has 0 aliphatic rings. The van der Waals surface area contributed by atoms with Crippen molar-refractivity contribution in [1.29, 1.82) is 0 Å². The van der Waals surface area contributed by atoms with Crippen molar-refractivity contribution in [2.45, 2.75) is 47.1 Å². The Morgan fingerprint density at radius 2 is 1.58 bits per heavy atom. The van der Waals surface area contributed by atoms with Gasteiger partial charge in [-0.25, -0.2) is 0 Å². The smallest absolute Gasteiger partial charge is 0.217 e. The van der Waals surface area contributed by atoms with E-state index in [1.165, 1.54) is 6.92 Å². The van der Waals surface area contributed by atoms with Crippen molar-refractivity contribution in [3.05, 3.63) is 65.2 Å². The number of amides is 1. The summed E-state index contributed by atoms with van der Waals surface area (Å²) in [4.78, 5) is 11.3. The van der Waals surface area contributed by atoms with E-state index >= 15 is 0 Å². The molecule has 0 aliphatic carbocycles. The van der Waals surface area contributed by atoms with Crippen molar-refractivity contribution >= 4 is 28.3 Å². The second-order valence-corrected chi connectivity index (χ2v) is 7.64. The number of rotatable bonds is 7. The second kappa shape index (κ2) is 15.1. The second-order valence-electron chi connectivity index (χ2n) is 7.23. The average molecular weight is 473 g/mol. The summed E-state index contributed by atoms with van der Waals surface area (Å²) < 4.78 is 11.5. The topological polar surface area (TPSA) is 59.6 Å². The normalized spacial score (nSPS) is 10.8. The molecule has 1 atom stereocenters. The van der Waals surface area contributed by atoms with Gasteiger partial charge >= 0.3 is 0 Å². The Labute approximate surface area is 203 Å². The fraction of sp³-hybridized carbons (Fsp3) is 0.370. The third-order valence-corrected chi connectivity index (χ3v) is 4.65. The number of benzene rings is 3. The predicted octanol–water partition coefficient (Wildman–Crippen LogP) is 7.13. The van der Waals surface area contributed by atoms with E-state index in [0.29, 0.717) is 23.1 Å². The molecule has 3 aromatic rings. The van der Waals surface area contributed by atoms with Crippen molar-refractivity contribution < 1.29 is 14.3 Å². The lowest BCUT2D eigenvalue weighted by Crippen LogP contribution is -2.23. The fourth-order valence-electron chi connectivity index (χ4n) is 2.96. The van der Waals surface area contributed by atoms with Crippen LogP contribution in [0.25, 0.3) is 10.8 Å². The first-order valence-electron chi connectivity index (χ1n) is 11.4. The number of carbonyl (C=O) groups is 1. The standard InChI is InChI=1S/C23H24ClNO3.C2H7N.C2H6/c1-4-11-27-20-9-10-23(22(24)14-20)28-21-8-7-18-12-17(5-6-19(18)13-21)15(2)25-16(3)26;1-3-2;1-2/h5-10,12-15H,4,11H2,1-3H3,(H,25,26);3H,1-2H3;1-2H3. The SMILES string of the molecule is CC.CCCOc1ccc(Oc2ccc3cc(C(C)NC(C)=O)ccc3c2)c(Cl)c1.CNC. The van der Waals surface area contributed by atoms with Crippen molar-refractivity contribution in [3.63, 3.8) is 0 Å². The van der Waals surface area contributed by atoms with E-state index in [4.69, 9.17) is 21.1 Å². The molecule has 3 aromatic carbocycles. The van der Waals surface area contributed by atoms with Crippen LogP contribution in [-0.4, -0.2) is 26.6 Å². The van der Waals surface area contributed by atoms with Crippen molar-refractivity contribution in [2.24, 2.45) is 0 Å². The van der Waals surface area contributed by atoms with E-state index in [9.17, 15) is 4.79 Å². The Bertz CT molecular complexity index is 1010. The predicted molar refractivity (Wildman–Crippen MR) is 140 cm³/mol. The van der Waals surface area contributed by atoms with Gasteiger partial charge in [0, 0.05) is 13.0 Å². The summed E-state index contributed by atoms with van der Waals surface area (Å²) in [5.74, 6) is 1.98. The van der Waals surface area contributed by atoms with Crippen LogP contribution in [0.2, 0.25) is 5.02 Å². The Morgan fingerprint density at radius 1 is 0.970 bits per heavy atom. The van der Waals surface area contributed by atoms with E-state index in [0.717, 1.165) is 28.5 Å². The largest absolute Gasteiger partial charge is 0.494 e. The van der Waals surface area contributed by atoms with Crippen LogP contribution in [0.15, 0.2) is 54.6 Å². The Hall–Kier alpha value is -2.76. The highest BCUT2D eigenvalue weighted by atomic mass is 35.5. The molecule has 0 aromatic heterocycles. The maximum absolute atomic E-state index is 11.3. The van der Waals surface area contributed by atoms with Gasteiger partial charge in [-0.1, -0.05) is 50.6 Å². The van der Waals surface area contributed by atoms with E-state index in [1.54, 1.807) is 6.07 Å². The third-order valence-electron chi connectivity index (χ3n) is 4.36. The molecule has 0 saturated carbocycles. The first-order valence-corrected chi connectivity index (χ1v) is 11.7. The number of hydrogen-bond acceptors (Lipinski definition) is 4. The zero-order valence-electron chi connectivity index (χ0n) is 20.8. The molecule has 1 amide bonds. The first kappa shape index (κ1) is 28.3. The lowest BCUT2D eigenvalue weighted by atomic mass is 10.0. The summed E-state index contributed by atoms with van der Waals surface area (Å²) >= 11 is 6.33. The first-order chi connectivity index (χ1) is 15.9. The summed E-state index contributed by atoms with van der Waals surface area (Å²) in [6, 6.07) is 17.4. The van der Waals surface area contributed by atoms with Crippen LogP contribution >= 0.6 is 11.6 Å². The molecule has 33 heavy (non-hydrogen) atoms. The summed E-state index contributed by atoms with van der Waals surface area (Å²) in [6.07, 6.45) is 0.943. The number of fused-ring (bicyclic) bond motifs is 1. The highest BCUT2D eigenvalue weighted by molar-refractivity contribution is 6.32. The molecule has 0 aliphatic heterocycles. The molecule has 6 heteroatoms. The molecule has 0 saturated heterocycles. The van der Waals surface area contributed by atoms with Crippen molar-refractivity contribution in [1.82, 2.24) is 10.6 Å². The Morgan fingerprint density at radius 3 is 2.18 bits per heavy atom. The summed E-state index contributed by atoms with van der Waals surface area (Å²) in [5, 5.41) is 8.29. The van der Waals surface area contributed by atoms with Crippen LogP contribution < -0.4 is 20.1 Å². The molecule has 5 nitrogen and oxygen atoms in total. The van der Waals surface area contributed by atoms with Crippen molar-refractivity contribution in [3.8, 4) is 17.2 Å². The maximum Gasteiger partial charge on any atom is 0.217 e. The molecule has 2 N–H and O–H groups in total. The third kappa shape index (κ3) is 9.32. The lowest BCUT2D eigenvalue weighted by Gasteiger charge is -2.14. The molecule has 0 heterocycles. The van der Waals surface area contributed by atoms with E-state index in [-0.39, 0.29) is 11.9 Å². The van der Waals surface area contributed by atoms with E-state index < -0.39 is 0 Å². The van der Waals surface area contributed by atoms with Gasteiger partial charge < -0.3 is 20.1 Å². The average Bonchev–Trinajstić information content (AvgIpc) is 2.80. The zero-order chi connectivity index (χ0) is 24.8. The molecular weight excluding hydrogens is 436 g/mol. The van der Waals surface area contributed by atoms with Crippen LogP contribution in [0.1, 0.15) is 52.6 Å². The number of halogens is 1. The summed E-state index contributed by atoms with van der Waals surface area (Å²) in [6.45, 7) is 10.2. The minimum atomic E-state index is -0.0423. The van der Waals surface area contributed by atoms with Gasteiger partial charge in [-0.3, -0.25) is 4.79 Å². The minimum Gasteiger partial charge on any atom is -0.494 e. The van der Waals surface area contributed by atoms with Gasteiger partial charge in [0.25, 0.3) is 0 Å². The molecule has 0 spiro atoms. The minimum absolute atomic E-state index is 0.0370. The van der Waals surface area contributed by atoms with Crippen LogP contribution in [-0.2, 0) is 4.79 Å². The van der Waals surface area contributed by atoms with Crippen LogP contribution in [0.5, 0.6) is 17.2 Å². The quantitative estimate of drug-likeness (QED) is 0.384. The molecule has 180 valence electrons. The highest BCUT2D eigenvalue weighted by Gasteiger charge is 2.09. The van der Waals surface area contributed by atoms with Crippen LogP contribution in [0, 0.1) is 0 Å². The van der Waals surface area contributed by atoms with Crippen molar-refractivity contribution in [2.75, 3.05) is 20.7 Å². The summed E-state index contributed by atoms with van der Waals surface area (Å²) in [5.41, 5.74) is 1.06. The van der Waals surface area contributed by atoms with Crippen LogP contribution in [0.4, 0.5) is 0 Å². The maximum atomic E-state index is 11.3. The molecular formula is C27H37ClN2O3. The van der Waals surface area contributed by atoms with Gasteiger partial charge in [-0.2, -0.15) is 0 Å². The monoisotopic (exact) mass is 472 g/mol. The highest BCUT2D eigenvalue weighted by Crippen LogP contribution is 2.34. The molecule has 0 radical (unpaired) electrons. The van der Waals surface area contributed by atoms with Gasteiger partial charge in [-0.05, 0) is 74.1 Å². The number of hydrogen-bond donors (Lipinski definition) is 2. The molecule has 0 fully saturated rings.